The van der Waals surface area contributed by atoms with Crippen LogP contribution in [0.25, 0.3) is 0 Å². The van der Waals surface area contributed by atoms with Gasteiger partial charge in [-0.2, -0.15) is 0 Å². The summed E-state index contributed by atoms with van der Waals surface area (Å²) >= 11 is 1.69. The molecule has 0 bridgehead atoms. The van der Waals surface area contributed by atoms with Gasteiger partial charge in [0.25, 0.3) is 0 Å². The fraction of sp³-hybridized carbons (Fsp3) is 0.462. The molecular formula is C13H16N2OS. The van der Waals surface area contributed by atoms with Crippen LogP contribution < -0.4 is 10.6 Å². The molecule has 3 nitrogen and oxygen atoms in total. The van der Waals surface area contributed by atoms with Crippen molar-refractivity contribution in [2.45, 2.75) is 16.6 Å². The lowest BCUT2D eigenvalue weighted by Gasteiger charge is -2.27. The maximum atomic E-state index is 12.0. The maximum Gasteiger partial charge on any atom is 0.233 e. The first-order valence-corrected chi connectivity index (χ1v) is 6.94. The van der Waals surface area contributed by atoms with Crippen molar-refractivity contribution < 1.29 is 4.79 Å². The van der Waals surface area contributed by atoms with Gasteiger partial charge in [0.15, 0.2) is 0 Å². The Kier molecular flexibility index (Phi) is 3.07. The Labute approximate surface area is 105 Å². The number of rotatable bonds is 3. The van der Waals surface area contributed by atoms with Crippen molar-refractivity contribution in [1.29, 1.82) is 0 Å². The lowest BCUT2D eigenvalue weighted by molar-refractivity contribution is -0.120. The van der Waals surface area contributed by atoms with Crippen LogP contribution in [0, 0.1) is 5.92 Å². The Balaban J connectivity index is 1.54. The highest BCUT2D eigenvalue weighted by Crippen LogP contribution is 2.36. The van der Waals surface area contributed by atoms with Gasteiger partial charge < -0.3 is 10.6 Å². The van der Waals surface area contributed by atoms with E-state index in [0.717, 1.165) is 26.1 Å². The third-order valence-electron chi connectivity index (χ3n) is 3.37. The van der Waals surface area contributed by atoms with Crippen molar-refractivity contribution in [1.82, 2.24) is 10.6 Å². The van der Waals surface area contributed by atoms with Crippen LogP contribution in [0.4, 0.5) is 0 Å². The molecule has 0 aromatic heterocycles. The second-order valence-electron chi connectivity index (χ2n) is 4.69. The molecule has 1 atom stereocenters. The first kappa shape index (κ1) is 11.1. The molecule has 4 heteroatoms. The fourth-order valence-corrected chi connectivity index (χ4v) is 3.40. The number of fused-ring (bicyclic) bond motifs is 1. The summed E-state index contributed by atoms with van der Waals surface area (Å²) in [4.78, 5) is 13.3. The van der Waals surface area contributed by atoms with E-state index in [0.29, 0.717) is 5.92 Å². The van der Waals surface area contributed by atoms with Crippen molar-refractivity contribution in [3.63, 3.8) is 0 Å². The molecule has 0 aliphatic carbocycles. The standard InChI is InChI=1S/C13H16N2OS/c16-13(15-8-9-6-14-7-9)12-5-10-3-1-2-4-11(10)17-12/h1-4,9,12,14H,5-8H2,(H,15,16). The summed E-state index contributed by atoms with van der Waals surface area (Å²) < 4.78 is 0. The molecule has 2 heterocycles. The van der Waals surface area contributed by atoms with Crippen LogP contribution in [-0.4, -0.2) is 30.8 Å². The average Bonchev–Trinajstić information content (AvgIpc) is 2.70. The topological polar surface area (TPSA) is 41.1 Å². The van der Waals surface area contributed by atoms with E-state index in [1.807, 2.05) is 12.1 Å². The lowest BCUT2D eigenvalue weighted by Crippen LogP contribution is -2.49. The Morgan fingerprint density at radius 2 is 2.24 bits per heavy atom. The van der Waals surface area contributed by atoms with Gasteiger partial charge in [0.2, 0.25) is 5.91 Å². The number of amides is 1. The van der Waals surface area contributed by atoms with Gasteiger partial charge in [0, 0.05) is 30.4 Å². The predicted molar refractivity (Wildman–Crippen MR) is 69.2 cm³/mol. The summed E-state index contributed by atoms with van der Waals surface area (Å²) in [5.74, 6) is 0.825. The monoisotopic (exact) mass is 248 g/mol. The molecule has 1 fully saturated rings. The summed E-state index contributed by atoms with van der Waals surface area (Å²) in [7, 11) is 0. The molecule has 1 aromatic rings. The summed E-state index contributed by atoms with van der Waals surface area (Å²) in [6.45, 7) is 2.90. The zero-order chi connectivity index (χ0) is 11.7. The first-order chi connectivity index (χ1) is 8.33. The molecule has 0 radical (unpaired) electrons. The molecule has 3 rings (SSSR count). The molecule has 1 amide bonds. The zero-order valence-electron chi connectivity index (χ0n) is 9.61. The third kappa shape index (κ3) is 2.33. The smallest absolute Gasteiger partial charge is 0.233 e. The number of benzene rings is 1. The molecule has 2 aliphatic heterocycles. The highest BCUT2D eigenvalue weighted by atomic mass is 32.2. The van der Waals surface area contributed by atoms with Crippen LogP contribution in [0.5, 0.6) is 0 Å². The van der Waals surface area contributed by atoms with Crippen LogP contribution in [0.3, 0.4) is 0 Å². The summed E-state index contributed by atoms with van der Waals surface area (Å²) in [6.07, 6.45) is 0.871. The van der Waals surface area contributed by atoms with E-state index in [9.17, 15) is 4.79 Å². The van der Waals surface area contributed by atoms with Crippen LogP contribution in [0.2, 0.25) is 0 Å². The number of nitrogens with one attached hydrogen (secondary N) is 2. The van der Waals surface area contributed by atoms with Crippen LogP contribution in [0.15, 0.2) is 29.2 Å². The summed E-state index contributed by atoms with van der Waals surface area (Å²) in [6, 6.07) is 8.29. The number of hydrogen-bond acceptors (Lipinski definition) is 3. The van der Waals surface area contributed by atoms with Crippen molar-refractivity contribution in [3.8, 4) is 0 Å². The summed E-state index contributed by atoms with van der Waals surface area (Å²) in [5, 5.41) is 6.34. The minimum Gasteiger partial charge on any atom is -0.355 e. The Morgan fingerprint density at radius 1 is 1.41 bits per heavy atom. The van der Waals surface area contributed by atoms with E-state index in [-0.39, 0.29) is 11.2 Å². The van der Waals surface area contributed by atoms with E-state index in [4.69, 9.17) is 0 Å². The third-order valence-corrected chi connectivity index (χ3v) is 4.69. The molecule has 2 aliphatic rings. The van der Waals surface area contributed by atoms with E-state index in [1.54, 1.807) is 11.8 Å². The fourth-order valence-electron chi connectivity index (χ4n) is 2.18. The predicted octanol–water partition coefficient (Wildman–Crippen LogP) is 1.04. The van der Waals surface area contributed by atoms with Crippen LogP contribution >= 0.6 is 11.8 Å². The number of carbonyl (C=O) groups is 1. The lowest BCUT2D eigenvalue weighted by atomic mass is 10.0. The first-order valence-electron chi connectivity index (χ1n) is 6.06. The molecule has 1 unspecified atom stereocenters. The Hall–Kier alpha value is -1.00. The SMILES string of the molecule is O=C(NCC1CNC1)C1Cc2ccccc2S1. The summed E-state index contributed by atoms with van der Waals surface area (Å²) in [5.41, 5.74) is 1.31. The van der Waals surface area contributed by atoms with Crippen LogP contribution in [0.1, 0.15) is 5.56 Å². The van der Waals surface area contributed by atoms with E-state index in [2.05, 4.69) is 22.8 Å². The van der Waals surface area contributed by atoms with Gasteiger partial charge >= 0.3 is 0 Å². The minimum absolute atomic E-state index is 0.0698. The maximum absolute atomic E-state index is 12.0. The zero-order valence-corrected chi connectivity index (χ0v) is 10.4. The van der Waals surface area contributed by atoms with E-state index >= 15 is 0 Å². The minimum atomic E-state index is 0.0698. The van der Waals surface area contributed by atoms with Gasteiger partial charge in [0.1, 0.15) is 0 Å². The van der Waals surface area contributed by atoms with Crippen molar-refractivity contribution in [2.24, 2.45) is 5.92 Å². The van der Waals surface area contributed by atoms with Gasteiger partial charge in [-0.05, 0) is 18.1 Å². The van der Waals surface area contributed by atoms with Crippen molar-refractivity contribution in [2.75, 3.05) is 19.6 Å². The van der Waals surface area contributed by atoms with Gasteiger partial charge in [-0.15, -0.1) is 11.8 Å². The van der Waals surface area contributed by atoms with Gasteiger partial charge in [-0.1, -0.05) is 18.2 Å². The van der Waals surface area contributed by atoms with Crippen molar-refractivity contribution >= 4 is 17.7 Å². The molecule has 1 saturated heterocycles. The Morgan fingerprint density at radius 3 is 2.94 bits per heavy atom. The molecular weight excluding hydrogens is 232 g/mol. The Bertz CT molecular complexity index is 406. The molecule has 2 N–H and O–H groups in total. The molecule has 1 aromatic carbocycles. The van der Waals surface area contributed by atoms with Gasteiger partial charge in [-0.25, -0.2) is 0 Å². The van der Waals surface area contributed by atoms with Gasteiger partial charge in [-0.3, -0.25) is 4.79 Å². The highest BCUT2D eigenvalue weighted by molar-refractivity contribution is 8.01. The second-order valence-corrected chi connectivity index (χ2v) is 5.93. The van der Waals surface area contributed by atoms with E-state index < -0.39 is 0 Å². The molecule has 0 spiro atoms. The average molecular weight is 248 g/mol. The van der Waals surface area contributed by atoms with Crippen molar-refractivity contribution in [3.05, 3.63) is 29.8 Å². The largest absolute Gasteiger partial charge is 0.355 e. The molecule has 17 heavy (non-hydrogen) atoms. The van der Waals surface area contributed by atoms with Crippen LogP contribution in [-0.2, 0) is 11.2 Å². The normalized spacial score (nSPS) is 22.9. The molecule has 0 saturated carbocycles. The number of hydrogen-bond donors (Lipinski definition) is 2. The number of carbonyl (C=O) groups excluding carboxylic acids is 1. The number of thioether (sulfide) groups is 1. The quantitative estimate of drug-likeness (QED) is 0.840. The van der Waals surface area contributed by atoms with E-state index in [1.165, 1.54) is 10.5 Å². The highest BCUT2D eigenvalue weighted by Gasteiger charge is 2.28. The van der Waals surface area contributed by atoms with Gasteiger partial charge in [0.05, 0.1) is 5.25 Å². The second kappa shape index (κ2) is 4.70. The molecule has 90 valence electrons.